The number of nitrogens with zero attached hydrogens (tertiary/aromatic N) is 6. The summed E-state index contributed by atoms with van der Waals surface area (Å²) < 4.78 is 44.3. The molecule has 1 aromatic carbocycles. The molecule has 3 heterocycles. The van der Waals surface area contributed by atoms with Gasteiger partial charge >= 0.3 is 0 Å². The highest BCUT2D eigenvalue weighted by atomic mass is 33.2. The minimum atomic E-state index is -6.94. The van der Waals surface area contributed by atoms with Crippen LogP contribution in [0.3, 0.4) is 0 Å². The molecule has 13 heteroatoms. The van der Waals surface area contributed by atoms with Gasteiger partial charge in [0.05, 0.1) is 20.0 Å². The lowest BCUT2D eigenvalue weighted by atomic mass is 10.1. The van der Waals surface area contributed by atoms with Gasteiger partial charge in [-0.25, -0.2) is 0 Å². The normalized spacial score (nSPS) is 17.6. The van der Waals surface area contributed by atoms with Gasteiger partial charge in [0.25, 0.3) is 0 Å². The molecule has 4 rings (SSSR count). The number of aromatic nitrogens is 4. The molecule has 0 spiro atoms. The predicted molar refractivity (Wildman–Crippen MR) is 118 cm³/mol. The molecule has 0 saturated carbocycles. The quantitative estimate of drug-likeness (QED) is 0.540. The van der Waals surface area contributed by atoms with Crippen LogP contribution in [-0.2, 0) is 11.2 Å². The minimum Gasteiger partial charge on any atom is -0.352 e. The molecule has 0 radical (unpaired) electrons. The highest BCUT2D eigenvalue weighted by Gasteiger charge is 2.54. The fourth-order valence-electron chi connectivity index (χ4n) is 3.30. The molecule has 7 nitrogen and oxygen atoms in total. The third-order valence-corrected chi connectivity index (χ3v) is 7.86. The van der Waals surface area contributed by atoms with E-state index in [4.69, 9.17) is 0 Å². The Hall–Kier alpha value is -1.96. The van der Waals surface area contributed by atoms with E-state index in [2.05, 4.69) is 15.3 Å². The van der Waals surface area contributed by atoms with Gasteiger partial charge in [-0.1, -0.05) is 12.1 Å². The van der Waals surface area contributed by atoms with E-state index >= 15 is 0 Å². The maximum Gasteiger partial charge on any atom is 0.227 e. The SMILES string of the molecule is O=C(Cc1cccc(S(F)(F)(F)(P)P)c1)N1CCN(c2ccc3nncn3n2)CC1. The van der Waals surface area contributed by atoms with Gasteiger partial charge in [0.15, 0.2) is 5.65 Å². The van der Waals surface area contributed by atoms with Crippen molar-refractivity contribution >= 4 is 42.9 Å². The van der Waals surface area contributed by atoms with E-state index < -0.39 is 13.6 Å². The molecule has 0 aliphatic carbocycles. The van der Waals surface area contributed by atoms with E-state index in [1.165, 1.54) is 12.4 Å². The van der Waals surface area contributed by atoms with Crippen LogP contribution in [0.25, 0.3) is 5.65 Å². The molecule has 0 bridgehead atoms. The summed E-state index contributed by atoms with van der Waals surface area (Å²) in [5.74, 6) is 0.568. The third-order valence-electron chi connectivity index (χ3n) is 4.90. The molecule has 1 amide bonds. The van der Waals surface area contributed by atoms with E-state index in [1.54, 1.807) is 15.5 Å². The Kier molecular flexibility index (Phi) is 4.80. The van der Waals surface area contributed by atoms with Gasteiger partial charge in [0.1, 0.15) is 12.1 Å². The molecule has 3 aromatic rings. The van der Waals surface area contributed by atoms with Crippen LogP contribution in [0.15, 0.2) is 47.6 Å². The zero-order valence-electron chi connectivity index (χ0n) is 15.9. The van der Waals surface area contributed by atoms with Crippen LogP contribution in [0.2, 0.25) is 0 Å². The first-order valence-corrected chi connectivity index (χ1v) is 14.2. The van der Waals surface area contributed by atoms with E-state index in [-0.39, 0.29) is 12.3 Å². The summed E-state index contributed by atoms with van der Waals surface area (Å²) in [5.41, 5.74) is 0.998. The van der Waals surface area contributed by atoms with Crippen molar-refractivity contribution in [2.24, 2.45) is 0 Å². The van der Waals surface area contributed by atoms with Crippen molar-refractivity contribution in [2.45, 2.75) is 11.3 Å². The average molecular weight is 476 g/mol. The van der Waals surface area contributed by atoms with E-state index in [1.807, 2.05) is 17.0 Å². The van der Waals surface area contributed by atoms with Crippen molar-refractivity contribution in [3.63, 3.8) is 0 Å². The van der Waals surface area contributed by atoms with E-state index in [9.17, 15) is 16.5 Å². The van der Waals surface area contributed by atoms with E-state index in [0.717, 1.165) is 34.8 Å². The Labute approximate surface area is 175 Å². The number of carbonyl (C=O) groups is 1. The summed E-state index contributed by atoms with van der Waals surface area (Å²) in [6.07, 6.45) is 1.45. The van der Waals surface area contributed by atoms with Crippen LogP contribution in [0.4, 0.5) is 17.5 Å². The lowest BCUT2D eigenvalue weighted by Crippen LogP contribution is -2.49. The fraction of sp³-hybridized carbons (Fsp3) is 0.294. The van der Waals surface area contributed by atoms with Crippen molar-refractivity contribution in [1.82, 2.24) is 24.7 Å². The van der Waals surface area contributed by atoms with Gasteiger partial charge in [-0.3, -0.25) is 4.79 Å². The molecular weight excluding hydrogens is 455 g/mol. The second-order valence-electron chi connectivity index (χ2n) is 7.33. The molecule has 1 aliphatic rings. The molecule has 2 aromatic heterocycles. The summed E-state index contributed by atoms with van der Waals surface area (Å²) in [6.45, 7) is 2.12. The first kappa shape index (κ1) is 21.3. The molecule has 162 valence electrons. The van der Waals surface area contributed by atoms with Gasteiger partial charge in [-0.15, -0.1) is 27.0 Å². The monoisotopic (exact) mass is 476 g/mol. The van der Waals surface area contributed by atoms with Crippen LogP contribution in [0.5, 0.6) is 0 Å². The van der Waals surface area contributed by atoms with Crippen molar-refractivity contribution in [1.29, 1.82) is 0 Å². The molecule has 2 unspecified atom stereocenters. The van der Waals surface area contributed by atoms with Crippen LogP contribution < -0.4 is 4.90 Å². The molecule has 1 fully saturated rings. The molecule has 1 aliphatic heterocycles. The van der Waals surface area contributed by atoms with Crippen molar-refractivity contribution in [3.05, 3.63) is 48.3 Å². The maximum atomic E-state index is 14.2. The second-order valence-corrected chi connectivity index (χ2v) is 18.3. The largest absolute Gasteiger partial charge is 0.352 e. The van der Waals surface area contributed by atoms with Gasteiger partial charge < -0.3 is 9.80 Å². The lowest BCUT2D eigenvalue weighted by Gasteiger charge is -2.50. The summed E-state index contributed by atoms with van der Waals surface area (Å²) in [7, 11) is -4.84. The highest BCUT2D eigenvalue weighted by molar-refractivity contribution is 9.06. The molecule has 2 atom stereocenters. The number of anilines is 1. The van der Waals surface area contributed by atoms with Crippen LogP contribution >= 0.6 is 25.6 Å². The number of hydrogen-bond donors (Lipinski definition) is 0. The van der Waals surface area contributed by atoms with Crippen molar-refractivity contribution in [2.75, 3.05) is 31.1 Å². The first-order valence-electron chi connectivity index (χ1n) is 9.08. The standard InChI is InChI=1S/C17H21F3N6OP2S/c18-30(19,20,28,29)14-3-1-2-13(10-14)11-17(27)25-8-6-24(7-9-25)16-5-4-15-22-21-12-26(15)23-16/h1-5,10,12H,6-9,11,28-29H2. The maximum absolute atomic E-state index is 14.2. The minimum absolute atomic E-state index is 0.0675. The first-order chi connectivity index (χ1) is 13.9. The Morgan fingerprint density at radius 1 is 1.07 bits per heavy atom. The fourth-order valence-corrected chi connectivity index (χ4v) is 5.00. The lowest BCUT2D eigenvalue weighted by molar-refractivity contribution is -0.130. The van der Waals surface area contributed by atoms with Crippen molar-refractivity contribution in [3.8, 4) is 0 Å². The summed E-state index contributed by atoms with van der Waals surface area (Å²) in [5, 5.41) is 12.2. The Balaban J connectivity index is 1.40. The molecule has 30 heavy (non-hydrogen) atoms. The predicted octanol–water partition coefficient (Wildman–Crippen LogP) is 3.48. The number of fused-ring (bicyclic) bond motifs is 1. The zero-order chi connectivity index (χ0) is 21.6. The number of carbonyl (C=O) groups excluding carboxylic acids is 1. The van der Waals surface area contributed by atoms with Gasteiger partial charge in [0, 0.05) is 26.2 Å². The van der Waals surface area contributed by atoms with Gasteiger partial charge in [-0.2, -0.15) is 4.52 Å². The number of rotatable bonds is 4. The number of amides is 1. The summed E-state index contributed by atoms with van der Waals surface area (Å²) in [4.78, 5) is 15.7. The van der Waals surface area contributed by atoms with Crippen LogP contribution in [0.1, 0.15) is 5.56 Å². The number of halogens is 3. The Morgan fingerprint density at radius 2 is 1.80 bits per heavy atom. The van der Waals surface area contributed by atoms with Gasteiger partial charge in [0.2, 0.25) is 5.91 Å². The molecular formula is C17H21F3N6OP2S. The molecule has 0 N–H and O–H groups in total. The summed E-state index contributed by atoms with van der Waals surface area (Å²) in [6, 6.07) is 8.66. The topological polar surface area (TPSA) is 66.6 Å². The average Bonchev–Trinajstić information content (AvgIpc) is 3.14. The van der Waals surface area contributed by atoms with Gasteiger partial charge in [-0.05, 0) is 46.7 Å². The zero-order valence-corrected chi connectivity index (χ0v) is 19.0. The molecule has 1 saturated heterocycles. The number of hydrogen-bond acceptors (Lipinski definition) is 5. The number of benzene rings is 1. The van der Waals surface area contributed by atoms with E-state index in [0.29, 0.717) is 37.4 Å². The van der Waals surface area contributed by atoms with Crippen LogP contribution in [-0.4, -0.2) is 56.8 Å². The highest BCUT2D eigenvalue weighted by Crippen LogP contribution is 3.09. The smallest absolute Gasteiger partial charge is 0.227 e. The number of piperazine rings is 1. The van der Waals surface area contributed by atoms with Crippen LogP contribution in [0, 0.1) is 0 Å². The third kappa shape index (κ3) is 4.68. The summed E-state index contributed by atoms with van der Waals surface area (Å²) >= 11 is 0. The van der Waals surface area contributed by atoms with Crippen molar-refractivity contribution < 1.29 is 16.5 Å². The second kappa shape index (κ2) is 6.77. The Morgan fingerprint density at radius 3 is 2.50 bits per heavy atom. The Bertz CT molecular complexity index is 1120.